The molecule has 3 aromatic rings. The van der Waals surface area contributed by atoms with E-state index in [4.69, 9.17) is 16.3 Å². The number of thioether (sulfide) groups is 1. The van der Waals surface area contributed by atoms with Gasteiger partial charge in [-0.1, -0.05) is 51.4 Å². The zero-order chi connectivity index (χ0) is 16.9. The van der Waals surface area contributed by atoms with Crippen LogP contribution in [0.1, 0.15) is 11.4 Å². The molecule has 124 valence electrons. The van der Waals surface area contributed by atoms with E-state index < -0.39 is 0 Å². The molecular formula is C17H15BrClN3OS. The lowest BCUT2D eigenvalue weighted by molar-refractivity contribution is 0.290. The Labute approximate surface area is 158 Å². The molecule has 0 amide bonds. The maximum absolute atomic E-state index is 5.86. The van der Waals surface area contributed by atoms with Gasteiger partial charge in [0.15, 0.2) is 11.0 Å². The maximum Gasteiger partial charge on any atom is 0.191 e. The number of benzene rings is 2. The molecule has 0 aliphatic rings. The number of rotatable bonds is 6. The average molecular weight is 425 g/mol. The van der Waals surface area contributed by atoms with Crippen LogP contribution >= 0.6 is 39.3 Å². The molecule has 0 aliphatic carbocycles. The molecule has 3 rings (SSSR count). The number of halogens is 2. The molecule has 1 aromatic heterocycles. The van der Waals surface area contributed by atoms with Gasteiger partial charge in [0, 0.05) is 22.3 Å². The molecule has 0 saturated heterocycles. The quantitative estimate of drug-likeness (QED) is 0.516. The van der Waals surface area contributed by atoms with Gasteiger partial charge in [-0.2, -0.15) is 0 Å². The van der Waals surface area contributed by atoms with Crippen molar-refractivity contribution in [2.45, 2.75) is 17.5 Å². The van der Waals surface area contributed by atoms with Crippen molar-refractivity contribution in [3.63, 3.8) is 0 Å². The lowest BCUT2D eigenvalue weighted by atomic mass is 10.2. The van der Waals surface area contributed by atoms with Gasteiger partial charge in [-0.3, -0.25) is 0 Å². The molecule has 0 atom stereocenters. The summed E-state index contributed by atoms with van der Waals surface area (Å²) in [6, 6.07) is 15.5. The standard InChI is InChI=1S/C17H15BrClN3OS/c1-22-16(10-23-15-8-6-14(19)7-9-15)20-21-17(22)24-11-12-2-4-13(18)5-3-12/h2-9H,10-11H2,1H3. The molecule has 0 bridgehead atoms. The third-order valence-corrected chi connectivity index (χ3v) is 5.26. The van der Waals surface area contributed by atoms with E-state index in [-0.39, 0.29) is 0 Å². The van der Waals surface area contributed by atoms with Gasteiger partial charge >= 0.3 is 0 Å². The van der Waals surface area contributed by atoms with E-state index in [0.29, 0.717) is 11.6 Å². The van der Waals surface area contributed by atoms with Crippen molar-refractivity contribution in [1.29, 1.82) is 0 Å². The second kappa shape index (κ2) is 8.05. The summed E-state index contributed by atoms with van der Waals surface area (Å²) < 4.78 is 8.76. The van der Waals surface area contributed by atoms with Crippen LogP contribution in [0.2, 0.25) is 5.02 Å². The summed E-state index contributed by atoms with van der Waals surface area (Å²) in [4.78, 5) is 0. The van der Waals surface area contributed by atoms with Crippen LogP contribution in [0.15, 0.2) is 58.2 Å². The Balaban J connectivity index is 1.58. The minimum atomic E-state index is 0.365. The monoisotopic (exact) mass is 423 g/mol. The zero-order valence-corrected chi connectivity index (χ0v) is 16.1. The first-order chi connectivity index (χ1) is 11.6. The number of hydrogen-bond acceptors (Lipinski definition) is 4. The van der Waals surface area contributed by atoms with E-state index in [9.17, 15) is 0 Å². The largest absolute Gasteiger partial charge is 0.486 e. The summed E-state index contributed by atoms with van der Waals surface area (Å²) in [6.45, 7) is 0.365. The normalized spacial score (nSPS) is 10.8. The van der Waals surface area contributed by atoms with Gasteiger partial charge in [0.1, 0.15) is 12.4 Å². The van der Waals surface area contributed by atoms with Crippen LogP contribution in [0, 0.1) is 0 Å². The number of ether oxygens (including phenoxy) is 1. The number of nitrogens with zero attached hydrogens (tertiary/aromatic N) is 3. The summed E-state index contributed by atoms with van der Waals surface area (Å²) in [5.41, 5.74) is 1.24. The van der Waals surface area contributed by atoms with E-state index in [1.54, 1.807) is 23.9 Å². The lowest BCUT2D eigenvalue weighted by Gasteiger charge is -2.06. The Morgan fingerprint density at radius 2 is 1.79 bits per heavy atom. The van der Waals surface area contributed by atoms with Crippen LogP contribution in [0.3, 0.4) is 0 Å². The minimum Gasteiger partial charge on any atom is -0.486 e. The van der Waals surface area contributed by atoms with Gasteiger partial charge in [0.2, 0.25) is 0 Å². The van der Waals surface area contributed by atoms with E-state index >= 15 is 0 Å². The van der Waals surface area contributed by atoms with Gasteiger partial charge < -0.3 is 9.30 Å². The average Bonchev–Trinajstić information content (AvgIpc) is 2.94. The van der Waals surface area contributed by atoms with Crippen LogP contribution in [0.25, 0.3) is 0 Å². The molecule has 0 radical (unpaired) electrons. The van der Waals surface area contributed by atoms with Gasteiger partial charge in [0.05, 0.1) is 0 Å². The van der Waals surface area contributed by atoms with Gasteiger partial charge in [-0.15, -0.1) is 10.2 Å². The van der Waals surface area contributed by atoms with E-state index in [1.807, 2.05) is 35.9 Å². The SMILES string of the molecule is Cn1c(COc2ccc(Cl)cc2)nnc1SCc1ccc(Br)cc1. The molecule has 0 spiro atoms. The van der Waals surface area contributed by atoms with Gasteiger partial charge in [0.25, 0.3) is 0 Å². The molecule has 4 nitrogen and oxygen atoms in total. The van der Waals surface area contributed by atoms with Crippen LogP contribution in [-0.4, -0.2) is 14.8 Å². The fourth-order valence-corrected chi connectivity index (χ4v) is 3.28. The Kier molecular flexibility index (Phi) is 5.81. The summed E-state index contributed by atoms with van der Waals surface area (Å²) in [5.74, 6) is 2.38. The van der Waals surface area contributed by atoms with Crippen molar-refractivity contribution in [2.24, 2.45) is 7.05 Å². The molecule has 0 aliphatic heterocycles. The lowest BCUT2D eigenvalue weighted by Crippen LogP contribution is -2.04. The van der Waals surface area contributed by atoms with Crippen molar-refractivity contribution in [1.82, 2.24) is 14.8 Å². The summed E-state index contributed by atoms with van der Waals surface area (Å²) in [5, 5.41) is 10.0. The number of aromatic nitrogens is 3. The predicted octanol–water partition coefficient (Wildman–Crippen LogP) is 5.10. The fourth-order valence-electron chi connectivity index (χ4n) is 2.00. The highest BCUT2D eigenvalue weighted by atomic mass is 79.9. The first-order valence-corrected chi connectivity index (χ1v) is 9.41. The minimum absolute atomic E-state index is 0.365. The van der Waals surface area contributed by atoms with Crippen LogP contribution in [0.4, 0.5) is 0 Å². The molecule has 0 N–H and O–H groups in total. The second-order valence-corrected chi connectivity index (χ2v) is 7.41. The molecule has 0 unspecified atom stereocenters. The highest BCUT2D eigenvalue weighted by Gasteiger charge is 2.10. The Morgan fingerprint density at radius 3 is 2.50 bits per heavy atom. The number of hydrogen-bond donors (Lipinski definition) is 0. The Hall–Kier alpha value is -1.50. The van der Waals surface area contributed by atoms with Gasteiger partial charge in [-0.05, 0) is 42.0 Å². The highest BCUT2D eigenvalue weighted by molar-refractivity contribution is 9.10. The summed E-state index contributed by atoms with van der Waals surface area (Å²) in [6.07, 6.45) is 0. The third kappa shape index (κ3) is 4.53. The Morgan fingerprint density at radius 1 is 1.08 bits per heavy atom. The molecule has 2 aromatic carbocycles. The summed E-state index contributed by atoms with van der Waals surface area (Å²) >= 11 is 11.0. The third-order valence-electron chi connectivity index (χ3n) is 3.39. The highest BCUT2D eigenvalue weighted by Crippen LogP contribution is 2.23. The van der Waals surface area contributed by atoms with Crippen LogP contribution in [-0.2, 0) is 19.4 Å². The van der Waals surface area contributed by atoms with Crippen molar-refractivity contribution in [2.75, 3.05) is 0 Å². The van der Waals surface area contributed by atoms with Crippen LogP contribution < -0.4 is 4.74 Å². The van der Waals surface area contributed by atoms with E-state index in [0.717, 1.165) is 27.0 Å². The topological polar surface area (TPSA) is 39.9 Å². The van der Waals surface area contributed by atoms with E-state index in [2.05, 4.69) is 38.3 Å². The molecular weight excluding hydrogens is 410 g/mol. The smallest absolute Gasteiger partial charge is 0.191 e. The van der Waals surface area contributed by atoms with Gasteiger partial charge in [-0.25, -0.2) is 0 Å². The van der Waals surface area contributed by atoms with E-state index in [1.165, 1.54) is 5.56 Å². The predicted molar refractivity (Wildman–Crippen MR) is 100 cm³/mol. The van der Waals surface area contributed by atoms with Crippen molar-refractivity contribution in [3.05, 3.63) is 69.4 Å². The Bertz CT molecular complexity index is 739. The van der Waals surface area contributed by atoms with Crippen LogP contribution in [0.5, 0.6) is 5.75 Å². The first kappa shape index (κ1) is 17.3. The molecule has 0 fully saturated rings. The second-order valence-electron chi connectivity index (χ2n) is 5.12. The summed E-state index contributed by atoms with van der Waals surface area (Å²) in [7, 11) is 1.95. The maximum atomic E-state index is 5.86. The first-order valence-electron chi connectivity index (χ1n) is 7.26. The fraction of sp³-hybridized carbons (Fsp3) is 0.176. The molecule has 1 heterocycles. The van der Waals surface area contributed by atoms with Crippen molar-refractivity contribution < 1.29 is 4.74 Å². The molecule has 24 heavy (non-hydrogen) atoms. The van der Waals surface area contributed by atoms with Crippen molar-refractivity contribution >= 4 is 39.3 Å². The molecule has 0 saturated carbocycles. The zero-order valence-electron chi connectivity index (χ0n) is 12.9. The van der Waals surface area contributed by atoms with Crippen molar-refractivity contribution in [3.8, 4) is 5.75 Å². The molecule has 7 heteroatoms.